The van der Waals surface area contributed by atoms with Gasteiger partial charge in [0.1, 0.15) is 5.82 Å². The van der Waals surface area contributed by atoms with E-state index in [0.717, 1.165) is 18.5 Å². The van der Waals surface area contributed by atoms with Crippen LogP contribution in [0.25, 0.3) is 0 Å². The van der Waals surface area contributed by atoms with Crippen molar-refractivity contribution >= 4 is 5.91 Å². The van der Waals surface area contributed by atoms with E-state index in [2.05, 4.69) is 20.0 Å². The van der Waals surface area contributed by atoms with Gasteiger partial charge in [0.25, 0.3) is 5.91 Å². The zero-order valence-electron chi connectivity index (χ0n) is 10.6. The maximum absolute atomic E-state index is 13.0. The molecular weight excluding hydrogens is 294 g/mol. The Morgan fingerprint density at radius 1 is 1.38 bits per heavy atom. The molecule has 0 aliphatic heterocycles. The number of halogens is 4. The Hall–Kier alpha value is -2.45. The van der Waals surface area contributed by atoms with Crippen LogP contribution in [0.3, 0.4) is 0 Å². The number of rotatable bonds is 3. The number of alkyl halides is 3. The number of aromatic nitrogens is 2. The number of amides is 1. The molecular formula is C12H9F4N3O2. The monoisotopic (exact) mass is 303 g/mol. The van der Waals surface area contributed by atoms with Gasteiger partial charge in [0.2, 0.25) is 6.39 Å². The van der Waals surface area contributed by atoms with Crippen LogP contribution in [0.4, 0.5) is 17.6 Å². The molecule has 2 aromatic rings. The number of carbonyl (C=O) groups excluding carboxylic acids is 1. The van der Waals surface area contributed by atoms with Crippen molar-refractivity contribution in [1.82, 2.24) is 15.5 Å². The van der Waals surface area contributed by atoms with Gasteiger partial charge in [-0.2, -0.15) is 18.2 Å². The Labute approximate surface area is 116 Å². The SMILES string of the molecule is C[C@H](NC(=O)c1ccc(F)cc1C(F)(F)F)c1ncon1. The lowest BCUT2D eigenvalue weighted by Gasteiger charge is -2.15. The molecule has 1 amide bonds. The second kappa shape index (κ2) is 5.51. The van der Waals surface area contributed by atoms with Crippen molar-refractivity contribution in [3.8, 4) is 0 Å². The van der Waals surface area contributed by atoms with Crippen LogP contribution in [0, 0.1) is 5.82 Å². The van der Waals surface area contributed by atoms with Crippen molar-refractivity contribution in [2.24, 2.45) is 0 Å². The summed E-state index contributed by atoms with van der Waals surface area (Å²) < 4.78 is 55.9. The molecule has 1 atom stereocenters. The van der Waals surface area contributed by atoms with Gasteiger partial charge >= 0.3 is 6.18 Å². The van der Waals surface area contributed by atoms with Crippen molar-refractivity contribution in [2.45, 2.75) is 19.1 Å². The normalized spacial score (nSPS) is 13.0. The molecule has 0 spiro atoms. The highest BCUT2D eigenvalue weighted by molar-refractivity contribution is 5.96. The molecule has 0 saturated heterocycles. The van der Waals surface area contributed by atoms with Gasteiger partial charge in [0, 0.05) is 0 Å². The second-order valence-electron chi connectivity index (χ2n) is 4.17. The van der Waals surface area contributed by atoms with Gasteiger partial charge in [0.15, 0.2) is 5.82 Å². The van der Waals surface area contributed by atoms with E-state index >= 15 is 0 Å². The van der Waals surface area contributed by atoms with Crippen LogP contribution in [0.15, 0.2) is 29.1 Å². The molecule has 0 aliphatic rings. The van der Waals surface area contributed by atoms with Crippen LogP contribution in [0.5, 0.6) is 0 Å². The number of carbonyl (C=O) groups is 1. The molecule has 0 unspecified atom stereocenters. The molecule has 5 nitrogen and oxygen atoms in total. The first kappa shape index (κ1) is 14.9. The van der Waals surface area contributed by atoms with E-state index in [-0.39, 0.29) is 11.9 Å². The van der Waals surface area contributed by atoms with E-state index in [4.69, 9.17) is 0 Å². The largest absolute Gasteiger partial charge is 0.417 e. The van der Waals surface area contributed by atoms with Crippen molar-refractivity contribution in [1.29, 1.82) is 0 Å². The fourth-order valence-electron chi connectivity index (χ4n) is 1.66. The smallest absolute Gasteiger partial charge is 0.343 e. The summed E-state index contributed by atoms with van der Waals surface area (Å²) in [6.45, 7) is 1.47. The van der Waals surface area contributed by atoms with Gasteiger partial charge in [-0.25, -0.2) is 4.39 Å². The third-order valence-corrected chi connectivity index (χ3v) is 2.64. The highest BCUT2D eigenvalue weighted by atomic mass is 19.4. The van der Waals surface area contributed by atoms with Crippen molar-refractivity contribution in [2.75, 3.05) is 0 Å². The molecule has 0 saturated carbocycles. The number of nitrogens with zero attached hydrogens (tertiary/aromatic N) is 2. The zero-order chi connectivity index (χ0) is 15.6. The number of hydrogen-bond acceptors (Lipinski definition) is 4. The molecule has 112 valence electrons. The summed E-state index contributed by atoms with van der Waals surface area (Å²) in [6, 6.07) is 1.07. The first-order valence-electron chi connectivity index (χ1n) is 5.73. The average Bonchev–Trinajstić information content (AvgIpc) is 2.91. The fraction of sp³-hybridized carbons (Fsp3) is 0.250. The first-order chi connectivity index (χ1) is 9.79. The Kier molecular flexibility index (Phi) is 3.92. The van der Waals surface area contributed by atoms with Gasteiger partial charge in [-0.05, 0) is 25.1 Å². The van der Waals surface area contributed by atoms with Gasteiger partial charge in [0.05, 0.1) is 17.2 Å². The van der Waals surface area contributed by atoms with E-state index in [1.54, 1.807) is 0 Å². The summed E-state index contributed by atoms with van der Waals surface area (Å²) in [4.78, 5) is 15.6. The van der Waals surface area contributed by atoms with Crippen molar-refractivity contribution < 1.29 is 26.9 Å². The standard InChI is InChI=1S/C12H9F4N3O2/c1-6(10-17-5-21-19-10)18-11(20)8-3-2-7(13)4-9(8)12(14,15)16/h2-6H,1H3,(H,18,20)/t6-/m0/s1. The van der Waals surface area contributed by atoms with Gasteiger partial charge in [-0.15, -0.1) is 0 Å². The van der Waals surface area contributed by atoms with E-state index in [1.165, 1.54) is 6.92 Å². The molecule has 0 bridgehead atoms. The molecule has 0 radical (unpaired) electrons. The molecule has 0 fully saturated rings. The Bertz CT molecular complexity index is 640. The quantitative estimate of drug-likeness (QED) is 0.885. The molecule has 1 N–H and O–H groups in total. The fourth-order valence-corrected chi connectivity index (χ4v) is 1.66. The van der Waals surface area contributed by atoms with Crippen LogP contribution in [0.2, 0.25) is 0 Å². The molecule has 2 rings (SSSR count). The van der Waals surface area contributed by atoms with Crippen LogP contribution in [-0.4, -0.2) is 16.0 Å². The number of benzene rings is 1. The predicted molar refractivity (Wildman–Crippen MR) is 61.6 cm³/mol. The molecule has 0 aliphatic carbocycles. The number of hydrogen-bond donors (Lipinski definition) is 1. The maximum atomic E-state index is 13.0. The minimum absolute atomic E-state index is 0.110. The predicted octanol–water partition coefficient (Wildman–Crippen LogP) is 2.72. The third kappa shape index (κ3) is 3.36. The van der Waals surface area contributed by atoms with Crippen LogP contribution < -0.4 is 5.32 Å². The van der Waals surface area contributed by atoms with Crippen LogP contribution in [-0.2, 0) is 6.18 Å². The van der Waals surface area contributed by atoms with E-state index in [0.29, 0.717) is 0 Å². The molecule has 1 heterocycles. The van der Waals surface area contributed by atoms with Gasteiger partial charge in [-0.1, -0.05) is 5.16 Å². The highest BCUT2D eigenvalue weighted by Gasteiger charge is 2.36. The zero-order valence-corrected chi connectivity index (χ0v) is 10.6. The minimum atomic E-state index is -4.84. The molecule has 21 heavy (non-hydrogen) atoms. The van der Waals surface area contributed by atoms with Gasteiger partial charge < -0.3 is 9.84 Å². The summed E-state index contributed by atoms with van der Waals surface area (Å²) >= 11 is 0. The van der Waals surface area contributed by atoms with E-state index < -0.39 is 35.1 Å². The number of nitrogens with one attached hydrogen (secondary N) is 1. The first-order valence-corrected chi connectivity index (χ1v) is 5.73. The van der Waals surface area contributed by atoms with Crippen molar-refractivity contribution in [3.63, 3.8) is 0 Å². The lowest BCUT2D eigenvalue weighted by atomic mass is 10.1. The highest BCUT2D eigenvalue weighted by Crippen LogP contribution is 2.32. The van der Waals surface area contributed by atoms with E-state index in [9.17, 15) is 22.4 Å². The van der Waals surface area contributed by atoms with Gasteiger partial charge in [-0.3, -0.25) is 4.79 Å². The molecule has 9 heteroatoms. The second-order valence-corrected chi connectivity index (χ2v) is 4.17. The Morgan fingerprint density at radius 2 is 2.10 bits per heavy atom. The summed E-state index contributed by atoms with van der Waals surface area (Å²) in [6.07, 6.45) is -3.82. The lowest BCUT2D eigenvalue weighted by Crippen LogP contribution is -2.29. The molecule has 1 aromatic heterocycles. The minimum Gasteiger partial charge on any atom is -0.343 e. The summed E-state index contributed by atoms with van der Waals surface area (Å²) in [7, 11) is 0. The average molecular weight is 303 g/mol. The Balaban J connectivity index is 2.27. The topological polar surface area (TPSA) is 68.0 Å². The van der Waals surface area contributed by atoms with Crippen molar-refractivity contribution in [3.05, 3.63) is 47.4 Å². The van der Waals surface area contributed by atoms with Crippen LogP contribution >= 0.6 is 0 Å². The maximum Gasteiger partial charge on any atom is 0.417 e. The third-order valence-electron chi connectivity index (χ3n) is 2.64. The summed E-state index contributed by atoms with van der Waals surface area (Å²) in [5, 5.41) is 5.75. The lowest BCUT2D eigenvalue weighted by molar-refractivity contribution is -0.138. The Morgan fingerprint density at radius 3 is 2.67 bits per heavy atom. The van der Waals surface area contributed by atoms with Crippen LogP contribution in [0.1, 0.15) is 34.7 Å². The molecule has 1 aromatic carbocycles. The summed E-state index contributed by atoms with van der Waals surface area (Å²) in [5.74, 6) is -1.98. The summed E-state index contributed by atoms with van der Waals surface area (Å²) in [5.41, 5.74) is -2.03. The van der Waals surface area contributed by atoms with E-state index in [1.807, 2.05) is 0 Å².